The molecule has 0 aliphatic rings. The van der Waals surface area contributed by atoms with E-state index >= 15 is 0 Å². The number of aromatic nitrogens is 3. The highest BCUT2D eigenvalue weighted by atomic mass is 15.1. The number of nitrogen functional groups attached to an aromatic ring is 1. The van der Waals surface area contributed by atoms with Crippen LogP contribution in [0, 0.1) is 20.8 Å². The second kappa shape index (κ2) is 6.11. The molecule has 0 amide bonds. The molecule has 5 nitrogen and oxygen atoms in total. The maximum atomic E-state index is 6.28. The highest BCUT2D eigenvalue weighted by molar-refractivity contribution is 6.12. The van der Waals surface area contributed by atoms with Gasteiger partial charge in [0.25, 0.3) is 0 Å². The van der Waals surface area contributed by atoms with Gasteiger partial charge in [-0.3, -0.25) is 4.57 Å². The SMILES string of the molecule is CNCc1cc(C)c(-n2c3ccccc3c3c(N)nc(C)nc32)c(C)c1. The zero-order chi connectivity index (χ0) is 18.4. The fraction of sp³-hybridized carbons (Fsp3) is 0.238. The number of aryl methyl sites for hydroxylation is 3. The predicted octanol–water partition coefficient (Wildman–Crippen LogP) is 3.80. The lowest BCUT2D eigenvalue weighted by molar-refractivity contribution is 0.815. The predicted molar refractivity (Wildman–Crippen MR) is 108 cm³/mol. The molecule has 2 aromatic carbocycles. The Morgan fingerprint density at radius 1 is 1.04 bits per heavy atom. The lowest BCUT2D eigenvalue weighted by Crippen LogP contribution is -2.08. The number of nitrogens with one attached hydrogen (secondary N) is 1. The van der Waals surface area contributed by atoms with Gasteiger partial charge in [-0.05, 0) is 50.6 Å². The smallest absolute Gasteiger partial charge is 0.151 e. The lowest BCUT2D eigenvalue weighted by Gasteiger charge is -2.16. The van der Waals surface area contributed by atoms with Crippen LogP contribution in [0.4, 0.5) is 5.82 Å². The van der Waals surface area contributed by atoms with Gasteiger partial charge in [-0.25, -0.2) is 9.97 Å². The third-order valence-electron chi connectivity index (χ3n) is 4.81. The van der Waals surface area contributed by atoms with E-state index in [9.17, 15) is 0 Å². The Labute approximate surface area is 152 Å². The fourth-order valence-electron chi connectivity index (χ4n) is 3.92. The van der Waals surface area contributed by atoms with E-state index in [1.165, 1.54) is 16.7 Å². The number of hydrogen-bond donors (Lipinski definition) is 2. The summed E-state index contributed by atoms with van der Waals surface area (Å²) in [6, 6.07) is 12.7. The van der Waals surface area contributed by atoms with Gasteiger partial charge in [-0.15, -0.1) is 0 Å². The van der Waals surface area contributed by atoms with E-state index in [0.29, 0.717) is 11.6 Å². The minimum absolute atomic E-state index is 0.532. The Bertz CT molecular complexity index is 1120. The summed E-state index contributed by atoms with van der Waals surface area (Å²) in [7, 11) is 1.97. The Kier molecular flexibility index (Phi) is 3.89. The number of benzene rings is 2. The summed E-state index contributed by atoms with van der Waals surface area (Å²) in [6.07, 6.45) is 0. The van der Waals surface area contributed by atoms with E-state index in [1.807, 2.05) is 26.1 Å². The van der Waals surface area contributed by atoms with Gasteiger partial charge < -0.3 is 11.1 Å². The van der Waals surface area contributed by atoms with Gasteiger partial charge >= 0.3 is 0 Å². The molecule has 2 heterocycles. The first-order chi connectivity index (χ1) is 12.5. The third kappa shape index (κ3) is 2.44. The number of nitrogens with zero attached hydrogens (tertiary/aromatic N) is 3. The summed E-state index contributed by atoms with van der Waals surface area (Å²) in [6.45, 7) is 7.04. The molecule has 3 N–H and O–H groups in total. The maximum absolute atomic E-state index is 6.28. The quantitative estimate of drug-likeness (QED) is 0.592. The Morgan fingerprint density at radius 3 is 2.42 bits per heavy atom. The largest absolute Gasteiger partial charge is 0.383 e. The van der Waals surface area contributed by atoms with E-state index in [4.69, 9.17) is 10.7 Å². The van der Waals surface area contributed by atoms with Crippen LogP contribution >= 0.6 is 0 Å². The van der Waals surface area contributed by atoms with Crippen LogP contribution in [-0.2, 0) is 6.54 Å². The molecule has 0 aliphatic heterocycles. The number of hydrogen-bond acceptors (Lipinski definition) is 4. The van der Waals surface area contributed by atoms with Crippen molar-refractivity contribution in [3.8, 4) is 5.69 Å². The summed E-state index contributed by atoms with van der Waals surface area (Å²) in [5.41, 5.74) is 13.1. The van der Waals surface area contributed by atoms with Gasteiger partial charge in [0.15, 0.2) is 5.65 Å². The number of rotatable bonds is 3. The molecule has 0 aliphatic carbocycles. The van der Waals surface area contributed by atoms with Crippen LogP contribution in [0.25, 0.3) is 27.6 Å². The van der Waals surface area contributed by atoms with Crippen LogP contribution in [-0.4, -0.2) is 21.6 Å². The van der Waals surface area contributed by atoms with Crippen molar-refractivity contribution in [1.29, 1.82) is 0 Å². The van der Waals surface area contributed by atoms with E-state index in [1.54, 1.807) is 0 Å². The van der Waals surface area contributed by atoms with Gasteiger partial charge in [-0.2, -0.15) is 0 Å². The molecular formula is C21H23N5. The number of anilines is 1. The molecule has 0 bridgehead atoms. The molecule has 5 heteroatoms. The first-order valence-corrected chi connectivity index (χ1v) is 8.79. The molecule has 0 saturated carbocycles. The fourth-order valence-corrected chi connectivity index (χ4v) is 3.92. The second-order valence-corrected chi connectivity index (χ2v) is 6.82. The van der Waals surface area contributed by atoms with E-state index in [-0.39, 0.29) is 0 Å². The van der Waals surface area contributed by atoms with Crippen LogP contribution in [0.5, 0.6) is 0 Å². The van der Waals surface area contributed by atoms with Crippen LogP contribution in [0.15, 0.2) is 36.4 Å². The van der Waals surface area contributed by atoms with Crippen molar-refractivity contribution in [3.63, 3.8) is 0 Å². The van der Waals surface area contributed by atoms with E-state index in [0.717, 1.165) is 34.2 Å². The monoisotopic (exact) mass is 345 g/mol. The topological polar surface area (TPSA) is 68.8 Å². The highest BCUT2D eigenvalue weighted by Crippen LogP contribution is 2.35. The number of nitrogens with two attached hydrogens (primary N) is 1. The summed E-state index contributed by atoms with van der Waals surface area (Å²) >= 11 is 0. The Hall–Kier alpha value is -2.92. The van der Waals surface area contributed by atoms with Crippen molar-refractivity contribution in [2.45, 2.75) is 27.3 Å². The molecule has 0 unspecified atom stereocenters. The molecule has 0 saturated heterocycles. The normalized spacial score (nSPS) is 11.5. The van der Waals surface area contributed by atoms with Gasteiger partial charge in [0.05, 0.1) is 16.6 Å². The minimum atomic E-state index is 0.532. The van der Waals surface area contributed by atoms with Gasteiger partial charge in [0.2, 0.25) is 0 Å². The third-order valence-corrected chi connectivity index (χ3v) is 4.81. The van der Waals surface area contributed by atoms with Crippen molar-refractivity contribution in [2.75, 3.05) is 12.8 Å². The van der Waals surface area contributed by atoms with E-state index in [2.05, 4.69) is 53.0 Å². The first-order valence-electron chi connectivity index (χ1n) is 8.79. The Balaban J connectivity index is 2.15. The molecule has 0 radical (unpaired) electrons. The van der Waals surface area contributed by atoms with Crippen LogP contribution in [0.2, 0.25) is 0 Å². The van der Waals surface area contributed by atoms with Gasteiger partial charge in [-0.1, -0.05) is 30.3 Å². The standard InChI is InChI=1S/C21H23N5/c1-12-9-15(11-23-4)10-13(2)19(12)26-17-8-6-5-7-16(17)18-20(22)24-14(3)25-21(18)26/h5-10,23H,11H2,1-4H3,(H2,22,24,25). The zero-order valence-electron chi connectivity index (χ0n) is 15.6. The lowest BCUT2D eigenvalue weighted by atomic mass is 10.0. The highest BCUT2D eigenvalue weighted by Gasteiger charge is 2.19. The molecule has 4 aromatic rings. The minimum Gasteiger partial charge on any atom is -0.383 e. The molecule has 0 fully saturated rings. The van der Waals surface area contributed by atoms with Gasteiger partial charge in [0.1, 0.15) is 11.6 Å². The average Bonchev–Trinajstić information content (AvgIpc) is 2.89. The van der Waals surface area contributed by atoms with Crippen LogP contribution in [0.3, 0.4) is 0 Å². The molecule has 26 heavy (non-hydrogen) atoms. The zero-order valence-corrected chi connectivity index (χ0v) is 15.6. The van der Waals surface area contributed by atoms with Crippen molar-refractivity contribution < 1.29 is 0 Å². The maximum Gasteiger partial charge on any atom is 0.151 e. The molecule has 0 spiro atoms. The van der Waals surface area contributed by atoms with Crippen molar-refractivity contribution >= 4 is 27.8 Å². The molecule has 0 atom stereocenters. The van der Waals surface area contributed by atoms with Crippen LogP contribution < -0.4 is 11.1 Å². The summed E-state index contributed by atoms with van der Waals surface area (Å²) in [4.78, 5) is 9.14. The van der Waals surface area contributed by atoms with Gasteiger partial charge in [0, 0.05) is 11.9 Å². The molecule has 132 valence electrons. The summed E-state index contributed by atoms with van der Waals surface area (Å²) in [5.74, 6) is 1.21. The molecular weight excluding hydrogens is 322 g/mol. The van der Waals surface area contributed by atoms with Crippen LogP contribution in [0.1, 0.15) is 22.5 Å². The molecule has 2 aromatic heterocycles. The number of para-hydroxylation sites is 1. The van der Waals surface area contributed by atoms with Crippen molar-refractivity contribution in [3.05, 3.63) is 58.9 Å². The molecule has 4 rings (SSSR count). The van der Waals surface area contributed by atoms with Crippen molar-refractivity contribution in [1.82, 2.24) is 19.9 Å². The summed E-state index contributed by atoms with van der Waals surface area (Å²) < 4.78 is 2.23. The van der Waals surface area contributed by atoms with Crippen molar-refractivity contribution in [2.24, 2.45) is 0 Å². The van der Waals surface area contributed by atoms with E-state index < -0.39 is 0 Å². The Morgan fingerprint density at radius 2 is 1.73 bits per heavy atom. The first kappa shape index (κ1) is 16.5. The summed E-state index contributed by atoms with van der Waals surface area (Å²) in [5, 5.41) is 5.23. The second-order valence-electron chi connectivity index (χ2n) is 6.82. The average molecular weight is 345 g/mol. The number of fused-ring (bicyclic) bond motifs is 3.